The summed E-state index contributed by atoms with van der Waals surface area (Å²) in [5, 5.41) is 12.8. The quantitative estimate of drug-likeness (QED) is 0.800. The van der Waals surface area contributed by atoms with Crippen LogP contribution < -0.4 is 5.32 Å². The Labute approximate surface area is 115 Å². The molecule has 5 heteroatoms. The lowest BCUT2D eigenvalue weighted by molar-refractivity contribution is -0.148. The number of nitrogens with zero attached hydrogens (tertiary/aromatic N) is 1. The minimum atomic E-state index is -0.726. The molecule has 0 aromatic carbocycles. The molecule has 0 radical (unpaired) electrons. The summed E-state index contributed by atoms with van der Waals surface area (Å²) >= 11 is 0. The Balaban J connectivity index is 2.08. The third-order valence-electron chi connectivity index (χ3n) is 4.54. The normalized spacial score (nSPS) is 37.2. The van der Waals surface area contributed by atoms with Crippen molar-refractivity contribution in [3.05, 3.63) is 0 Å². The zero-order valence-corrected chi connectivity index (χ0v) is 12.0. The molecular weight excluding hydrogens is 244 g/mol. The van der Waals surface area contributed by atoms with Crippen molar-refractivity contribution in [2.24, 2.45) is 0 Å². The van der Waals surface area contributed by atoms with Crippen molar-refractivity contribution in [2.45, 2.75) is 57.2 Å². The Bertz CT molecular complexity index is 320. The second kappa shape index (κ2) is 6.20. The molecule has 1 aliphatic heterocycles. The molecule has 19 heavy (non-hydrogen) atoms. The molecule has 2 N–H and O–H groups in total. The van der Waals surface area contributed by atoms with E-state index in [4.69, 9.17) is 4.74 Å². The Hall–Kier alpha value is -0.650. The number of carbonyl (C=O) groups is 1. The van der Waals surface area contributed by atoms with Crippen molar-refractivity contribution < 1.29 is 14.6 Å². The lowest BCUT2D eigenvalue weighted by Crippen LogP contribution is -2.60. The lowest BCUT2D eigenvalue weighted by atomic mass is 9.78. The van der Waals surface area contributed by atoms with Crippen LogP contribution in [-0.4, -0.2) is 59.9 Å². The van der Waals surface area contributed by atoms with Gasteiger partial charge in [0.2, 0.25) is 0 Å². The summed E-state index contributed by atoms with van der Waals surface area (Å²) in [4.78, 5) is 14.1. The van der Waals surface area contributed by atoms with E-state index in [0.29, 0.717) is 25.0 Å². The zero-order chi connectivity index (χ0) is 13.9. The largest absolute Gasteiger partial charge is 0.480 e. The molecule has 0 aromatic heterocycles. The van der Waals surface area contributed by atoms with E-state index in [1.807, 2.05) is 6.92 Å². The van der Waals surface area contributed by atoms with Crippen LogP contribution in [0.25, 0.3) is 0 Å². The molecule has 110 valence electrons. The van der Waals surface area contributed by atoms with Gasteiger partial charge in [-0.05, 0) is 39.2 Å². The number of morpholine rings is 1. The van der Waals surface area contributed by atoms with Crippen molar-refractivity contribution in [3.63, 3.8) is 0 Å². The molecule has 1 saturated carbocycles. The average Bonchev–Trinajstić information content (AvgIpc) is 2.39. The van der Waals surface area contributed by atoms with Gasteiger partial charge in [-0.2, -0.15) is 0 Å². The third-order valence-corrected chi connectivity index (χ3v) is 4.54. The average molecular weight is 270 g/mol. The monoisotopic (exact) mass is 270 g/mol. The number of hydrogen-bond acceptors (Lipinski definition) is 4. The van der Waals surface area contributed by atoms with E-state index >= 15 is 0 Å². The van der Waals surface area contributed by atoms with Crippen molar-refractivity contribution in [3.8, 4) is 0 Å². The smallest absolute Gasteiger partial charge is 0.323 e. The fourth-order valence-electron chi connectivity index (χ4n) is 3.58. The van der Waals surface area contributed by atoms with Crippen molar-refractivity contribution in [1.29, 1.82) is 0 Å². The van der Waals surface area contributed by atoms with E-state index < -0.39 is 11.5 Å². The summed E-state index contributed by atoms with van der Waals surface area (Å²) < 4.78 is 5.48. The number of ether oxygens (including phenoxy) is 1. The molecular formula is C14H26N2O3. The minimum Gasteiger partial charge on any atom is -0.480 e. The molecule has 0 bridgehead atoms. The molecule has 2 fully saturated rings. The third kappa shape index (κ3) is 3.09. The minimum absolute atomic E-state index is 0.364. The van der Waals surface area contributed by atoms with Crippen LogP contribution in [0.5, 0.6) is 0 Å². The molecule has 1 aliphatic carbocycles. The van der Waals surface area contributed by atoms with Gasteiger partial charge < -0.3 is 15.2 Å². The maximum absolute atomic E-state index is 11.7. The van der Waals surface area contributed by atoms with Gasteiger partial charge in [-0.15, -0.1) is 0 Å². The van der Waals surface area contributed by atoms with E-state index in [9.17, 15) is 9.90 Å². The Morgan fingerprint density at radius 3 is 3.00 bits per heavy atom. The second-order valence-electron chi connectivity index (χ2n) is 5.83. The highest BCUT2D eigenvalue weighted by Gasteiger charge is 2.44. The van der Waals surface area contributed by atoms with Gasteiger partial charge in [-0.1, -0.05) is 6.92 Å². The zero-order valence-electron chi connectivity index (χ0n) is 12.0. The van der Waals surface area contributed by atoms with E-state index in [-0.39, 0.29) is 0 Å². The van der Waals surface area contributed by atoms with Crippen LogP contribution in [0.15, 0.2) is 0 Å². The van der Waals surface area contributed by atoms with Crippen molar-refractivity contribution >= 4 is 5.97 Å². The molecule has 3 unspecified atom stereocenters. The van der Waals surface area contributed by atoms with Crippen LogP contribution in [-0.2, 0) is 9.53 Å². The Kier molecular flexibility index (Phi) is 4.81. The van der Waals surface area contributed by atoms with Gasteiger partial charge in [0, 0.05) is 18.6 Å². The highest BCUT2D eigenvalue weighted by Crippen LogP contribution is 2.33. The van der Waals surface area contributed by atoms with E-state index in [2.05, 4.69) is 17.1 Å². The molecule has 3 atom stereocenters. The molecule has 1 saturated heterocycles. The number of likely N-dealkylation sites (N-methyl/N-ethyl adjacent to an activating group) is 1. The summed E-state index contributed by atoms with van der Waals surface area (Å²) in [6.45, 7) is 7.31. The Morgan fingerprint density at radius 1 is 1.58 bits per heavy atom. The van der Waals surface area contributed by atoms with Crippen LogP contribution >= 0.6 is 0 Å². The van der Waals surface area contributed by atoms with Crippen LogP contribution in [0.2, 0.25) is 0 Å². The predicted octanol–water partition coefficient (Wildman–Crippen LogP) is 1.08. The van der Waals surface area contributed by atoms with Gasteiger partial charge in [-0.25, -0.2) is 0 Å². The van der Waals surface area contributed by atoms with Crippen molar-refractivity contribution in [2.75, 3.05) is 26.3 Å². The van der Waals surface area contributed by atoms with Crippen LogP contribution in [0.1, 0.15) is 39.5 Å². The summed E-state index contributed by atoms with van der Waals surface area (Å²) in [6, 6.07) is 0.757. The first-order valence-corrected chi connectivity index (χ1v) is 7.41. The van der Waals surface area contributed by atoms with Crippen LogP contribution in [0.4, 0.5) is 0 Å². The van der Waals surface area contributed by atoms with Crippen molar-refractivity contribution in [1.82, 2.24) is 10.2 Å². The number of rotatable bonds is 4. The topological polar surface area (TPSA) is 61.8 Å². The molecule has 2 rings (SSSR count). The second-order valence-corrected chi connectivity index (χ2v) is 5.83. The Morgan fingerprint density at radius 2 is 2.37 bits per heavy atom. The molecule has 0 aromatic rings. The predicted molar refractivity (Wildman–Crippen MR) is 73.3 cm³/mol. The standard InChI is InChI=1S/C14H26N2O3/c1-3-15-14(13(17)18)6-4-5-12(9-14)16-7-8-19-10-11(16)2/h11-12,15H,3-10H2,1-2H3,(H,17,18). The summed E-state index contributed by atoms with van der Waals surface area (Å²) in [6.07, 6.45) is 3.53. The van der Waals surface area contributed by atoms with Gasteiger partial charge in [0.25, 0.3) is 0 Å². The van der Waals surface area contributed by atoms with E-state index in [1.54, 1.807) is 0 Å². The van der Waals surface area contributed by atoms with E-state index in [0.717, 1.165) is 39.0 Å². The maximum Gasteiger partial charge on any atom is 0.323 e. The van der Waals surface area contributed by atoms with Gasteiger partial charge in [-0.3, -0.25) is 9.69 Å². The first-order valence-electron chi connectivity index (χ1n) is 7.41. The molecule has 5 nitrogen and oxygen atoms in total. The first-order chi connectivity index (χ1) is 9.09. The highest BCUT2D eigenvalue weighted by atomic mass is 16.5. The van der Waals surface area contributed by atoms with Gasteiger partial charge in [0.1, 0.15) is 5.54 Å². The molecule has 1 heterocycles. The molecule has 0 amide bonds. The summed E-state index contributed by atoms with van der Waals surface area (Å²) in [7, 11) is 0. The number of aliphatic carboxylic acids is 1. The SMILES string of the molecule is CCNC1(C(=O)O)CCCC(N2CCOCC2C)C1. The van der Waals surface area contributed by atoms with Gasteiger partial charge >= 0.3 is 5.97 Å². The maximum atomic E-state index is 11.7. The van der Waals surface area contributed by atoms with Gasteiger partial charge in [0.15, 0.2) is 0 Å². The molecule has 0 spiro atoms. The summed E-state index contributed by atoms with van der Waals surface area (Å²) in [5.41, 5.74) is -0.726. The fraction of sp³-hybridized carbons (Fsp3) is 0.929. The number of hydrogen-bond donors (Lipinski definition) is 2. The fourth-order valence-corrected chi connectivity index (χ4v) is 3.58. The lowest BCUT2D eigenvalue weighted by Gasteiger charge is -2.46. The van der Waals surface area contributed by atoms with Crippen LogP contribution in [0.3, 0.4) is 0 Å². The van der Waals surface area contributed by atoms with Crippen LogP contribution in [0, 0.1) is 0 Å². The molecule has 2 aliphatic rings. The summed E-state index contributed by atoms with van der Waals surface area (Å²) in [5.74, 6) is -0.694. The van der Waals surface area contributed by atoms with Gasteiger partial charge in [0.05, 0.1) is 13.2 Å². The number of carboxylic acids is 1. The highest BCUT2D eigenvalue weighted by molar-refractivity contribution is 5.79. The number of nitrogens with one attached hydrogen (secondary N) is 1. The number of carboxylic acid groups (broad SMARTS) is 1. The van der Waals surface area contributed by atoms with E-state index in [1.165, 1.54) is 0 Å². The first kappa shape index (κ1) is 14.8.